The maximum Gasteiger partial charge on any atom is 0.262 e. The first-order chi connectivity index (χ1) is 9.80. The van der Waals surface area contributed by atoms with Crippen LogP contribution >= 0.6 is 22.9 Å². The van der Waals surface area contributed by atoms with Gasteiger partial charge in [0.2, 0.25) is 0 Å². The van der Waals surface area contributed by atoms with Crippen molar-refractivity contribution in [3.8, 4) is 0 Å². The van der Waals surface area contributed by atoms with Crippen LogP contribution in [-0.4, -0.2) is 23.7 Å². The maximum absolute atomic E-state index is 12.2. The number of fused-ring (bicyclic) bond motifs is 1. The molecule has 5 heteroatoms. The van der Waals surface area contributed by atoms with Crippen LogP contribution in [0.15, 0.2) is 24.3 Å². The van der Waals surface area contributed by atoms with Crippen molar-refractivity contribution in [2.24, 2.45) is 5.41 Å². The Morgan fingerprint density at radius 3 is 2.67 bits per heavy atom. The number of aliphatic hydroxyl groups excluding tert-OH is 1. The molecular weight excluding hydrogens is 306 g/mol. The third-order valence-electron chi connectivity index (χ3n) is 3.44. The quantitative estimate of drug-likeness (QED) is 0.889. The highest BCUT2D eigenvalue weighted by Crippen LogP contribution is 2.34. The van der Waals surface area contributed by atoms with Crippen LogP contribution in [0.5, 0.6) is 0 Å². The molecule has 3 nitrogen and oxygen atoms in total. The first-order valence-electron chi connectivity index (χ1n) is 6.94. The summed E-state index contributed by atoms with van der Waals surface area (Å²) >= 11 is 7.66. The predicted octanol–water partition coefficient (Wildman–Crippen LogP) is 4.08. The van der Waals surface area contributed by atoms with E-state index < -0.39 is 6.10 Å². The number of rotatable bonds is 4. The molecule has 114 valence electrons. The van der Waals surface area contributed by atoms with Crippen molar-refractivity contribution in [1.82, 2.24) is 5.32 Å². The summed E-state index contributed by atoms with van der Waals surface area (Å²) in [5.74, 6) is -0.178. The molecule has 0 saturated heterocycles. The van der Waals surface area contributed by atoms with Gasteiger partial charge in [-0.2, -0.15) is 0 Å². The molecule has 2 N–H and O–H groups in total. The van der Waals surface area contributed by atoms with Gasteiger partial charge in [0.25, 0.3) is 5.91 Å². The second-order valence-electron chi connectivity index (χ2n) is 6.17. The van der Waals surface area contributed by atoms with Crippen molar-refractivity contribution in [3.63, 3.8) is 0 Å². The molecule has 21 heavy (non-hydrogen) atoms. The van der Waals surface area contributed by atoms with E-state index in [1.807, 2.05) is 45.0 Å². The highest BCUT2D eigenvalue weighted by molar-refractivity contribution is 7.21. The molecule has 1 atom stereocenters. The number of aliphatic hydroxyl groups is 1. The lowest BCUT2D eigenvalue weighted by Gasteiger charge is -2.25. The SMILES string of the molecule is CC(C)(C)[C@@H](O)CCNC(=O)c1sc2ccccc2c1Cl. The molecular formula is C16H20ClNO2S. The van der Waals surface area contributed by atoms with E-state index in [2.05, 4.69) is 5.32 Å². The topological polar surface area (TPSA) is 49.3 Å². The van der Waals surface area contributed by atoms with Gasteiger partial charge < -0.3 is 10.4 Å². The number of thiophene rings is 1. The Morgan fingerprint density at radius 1 is 1.38 bits per heavy atom. The Morgan fingerprint density at radius 2 is 2.05 bits per heavy atom. The summed E-state index contributed by atoms with van der Waals surface area (Å²) in [5.41, 5.74) is -0.181. The minimum Gasteiger partial charge on any atom is -0.393 e. The molecule has 0 aliphatic carbocycles. The van der Waals surface area contributed by atoms with E-state index in [9.17, 15) is 9.90 Å². The molecule has 0 bridgehead atoms. The number of hydrogen-bond donors (Lipinski definition) is 2. The number of amides is 1. The second-order valence-corrected chi connectivity index (χ2v) is 7.60. The van der Waals surface area contributed by atoms with Crippen molar-refractivity contribution in [2.75, 3.05) is 6.54 Å². The number of hydrogen-bond acceptors (Lipinski definition) is 3. The number of benzene rings is 1. The van der Waals surface area contributed by atoms with Crippen LogP contribution in [0, 0.1) is 5.41 Å². The van der Waals surface area contributed by atoms with E-state index in [0.29, 0.717) is 22.9 Å². The van der Waals surface area contributed by atoms with Crippen LogP contribution in [-0.2, 0) is 0 Å². The third kappa shape index (κ3) is 3.76. The van der Waals surface area contributed by atoms with Crippen molar-refractivity contribution in [2.45, 2.75) is 33.3 Å². The van der Waals surface area contributed by atoms with Crippen molar-refractivity contribution in [1.29, 1.82) is 0 Å². The predicted molar refractivity (Wildman–Crippen MR) is 89.2 cm³/mol. The van der Waals surface area contributed by atoms with E-state index in [1.165, 1.54) is 11.3 Å². The van der Waals surface area contributed by atoms with Gasteiger partial charge in [-0.15, -0.1) is 11.3 Å². The van der Waals surface area contributed by atoms with E-state index in [-0.39, 0.29) is 11.3 Å². The smallest absolute Gasteiger partial charge is 0.262 e. The summed E-state index contributed by atoms with van der Waals surface area (Å²) in [4.78, 5) is 12.7. The average Bonchev–Trinajstić information content (AvgIpc) is 2.75. The highest BCUT2D eigenvalue weighted by Gasteiger charge is 2.22. The molecule has 0 aliphatic rings. The fourth-order valence-electron chi connectivity index (χ4n) is 2.00. The normalized spacial score (nSPS) is 13.4. The van der Waals surface area contributed by atoms with Crippen LogP contribution in [0.4, 0.5) is 0 Å². The lowest BCUT2D eigenvalue weighted by atomic mass is 9.87. The number of nitrogens with one attached hydrogen (secondary N) is 1. The standard InChI is InChI=1S/C16H20ClNO2S/c1-16(2,3)12(19)8-9-18-15(20)14-13(17)10-6-4-5-7-11(10)21-14/h4-7,12,19H,8-9H2,1-3H3,(H,18,20)/t12-/m0/s1. The third-order valence-corrected chi connectivity index (χ3v) is 5.12. The first kappa shape index (κ1) is 16.3. The molecule has 1 heterocycles. The Bertz CT molecular complexity index is 645. The molecule has 0 fully saturated rings. The molecule has 1 aromatic carbocycles. The number of carbonyl (C=O) groups excluding carboxylic acids is 1. The van der Waals surface area contributed by atoms with Crippen LogP contribution in [0.3, 0.4) is 0 Å². The zero-order chi connectivity index (χ0) is 15.6. The van der Waals surface area contributed by atoms with E-state index >= 15 is 0 Å². The monoisotopic (exact) mass is 325 g/mol. The Hall–Kier alpha value is -1.10. The molecule has 2 rings (SSSR count). The van der Waals surface area contributed by atoms with Crippen LogP contribution < -0.4 is 5.32 Å². The Labute approximate surface area is 133 Å². The first-order valence-corrected chi connectivity index (χ1v) is 8.13. The van der Waals surface area contributed by atoms with Gasteiger partial charge in [0, 0.05) is 16.6 Å². The van der Waals surface area contributed by atoms with Gasteiger partial charge in [-0.1, -0.05) is 50.6 Å². The maximum atomic E-state index is 12.2. The molecule has 0 spiro atoms. The molecule has 2 aromatic rings. The van der Waals surface area contributed by atoms with Gasteiger partial charge in [-0.05, 0) is 17.9 Å². The van der Waals surface area contributed by atoms with Crippen molar-refractivity contribution < 1.29 is 9.90 Å². The largest absolute Gasteiger partial charge is 0.393 e. The van der Waals surface area contributed by atoms with Crippen LogP contribution in [0.2, 0.25) is 5.02 Å². The molecule has 1 amide bonds. The second kappa shape index (κ2) is 6.34. The van der Waals surface area contributed by atoms with Gasteiger partial charge in [0.05, 0.1) is 11.1 Å². The zero-order valence-corrected chi connectivity index (χ0v) is 14.0. The average molecular weight is 326 g/mol. The van der Waals surface area contributed by atoms with Gasteiger partial charge in [-0.25, -0.2) is 0 Å². The van der Waals surface area contributed by atoms with Crippen molar-refractivity contribution >= 4 is 38.9 Å². The summed E-state index contributed by atoms with van der Waals surface area (Å²) < 4.78 is 1.00. The van der Waals surface area contributed by atoms with E-state index in [1.54, 1.807) is 0 Å². The summed E-state index contributed by atoms with van der Waals surface area (Å²) in [6, 6.07) is 7.69. The van der Waals surface area contributed by atoms with E-state index in [0.717, 1.165) is 10.1 Å². The fourth-order valence-corrected chi connectivity index (χ4v) is 3.43. The summed E-state index contributed by atoms with van der Waals surface area (Å²) in [7, 11) is 0. The van der Waals surface area contributed by atoms with Crippen LogP contribution in [0.25, 0.3) is 10.1 Å². The molecule has 0 saturated carbocycles. The lowest BCUT2D eigenvalue weighted by Crippen LogP contribution is -2.32. The molecule has 0 radical (unpaired) electrons. The van der Waals surface area contributed by atoms with Crippen LogP contribution in [0.1, 0.15) is 36.9 Å². The van der Waals surface area contributed by atoms with Crippen molar-refractivity contribution in [3.05, 3.63) is 34.2 Å². The highest BCUT2D eigenvalue weighted by atomic mass is 35.5. The molecule has 1 aromatic heterocycles. The fraction of sp³-hybridized carbons (Fsp3) is 0.438. The number of halogens is 1. The van der Waals surface area contributed by atoms with Gasteiger partial charge in [0.15, 0.2) is 0 Å². The molecule has 0 unspecified atom stereocenters. The summed E-state index contributed by atoms with van der Waals surface area (Å²) in [6.45, 7) is 6.36. The minimum absolute atomic E-state index is 0.178. The minimum atomic E-state index is -0.448. The summed E-state index contributed by atoms with van der Waals surface area (Å²) in [5, 5.41) is 14.2. The zero-order valence-electron chi connectivity index (χ0n) is 12.4. The van der Waals surface area contributed by atoms with Gasteiger partial charge in [0.1, 0.15) is 4.88 Å². The number of carbonyl (C=O) groups is 1. The van der Waals surface area contributed by atoms with Gasteiger partial charge >= 0.3 is 0 Å². The Balaban J connectivity index is 2.01. The van der Waals surface area contributed by atoms with Gasteiger partial charge in [-0.3, -0.25) is 4.79 Å². The lowest BCUT2D eigenvalue weighted by molar-refractivity contribution is 0.0551. The van der Waals surface area contributed by atoms with E-state index in [4.69, 9.17) is 11.6 Å². The molecule has 0 aliphatic heterocycles. The summed E-state index contributed by atoms with van der Waals surface area (Å²) in [6.07, 6.45) is 0.0771. The Kier molecular flexibility index (Phi) is 4.91.